The second-order valence-electron chi connectivity index (χ2n) is 4.08. The van der Waals surface area contributed by atoms with Crippen LogP contribution >= 0.6 is 0 Å². The zero-order chi connectivity index (χ0) is 14.0. The summed E-state index contributed by atoms with van der Waals surface area (Å²) in [6.07, 6.45) is 0. The average molecular weight is 263 g/mol. The zero-order valence-corrected chi connectivity index (χ0v) is 10.1. The highest BCUT2D eigenvalue weighted by atomic mass is 19.2. The lowest BCUT2D eigenvalue weighted by Gasteiger charge is -2.08. The van der Waals surface area contributed by atoms with Crippen LogP contribution in [0.5, 0.6) is 5.75 Å². The van der Waals surface area contributed by atoms with Gasteiger partial charge in [-0.1, -0.05) is 12.1 Å². The molecule has 19 heavy (non-hydrogen) atoms. The number of nitrogens with one attached hydrogen (secondary N) is 1. The van der Waals surface area contributed by atoms with Crippen LogP contribution in [0.2, 0.25) is 0 Å². The molecule has 5 heteroatoms. The topological polar surface area (TPSA) is 49.3 Å². The van der Waals surface area contributed by atoms with Gasteiger partial charge in [0.05, 0.1) is 11.3 Å². The molecule has 2 rings (SSSR count). The minimum absolute atomic E-state index is 0.134. The van der Waals surface area contributed by atoms with E-state index in [9.17, 15) is 18.7 Å². The van der Waals surface area contributed by atoms with Gasteiger partial charge in [-0.3, -0.25) is 4.79 Å². The van der Waals surface area contributed by atoms with Crippen molar-refractivity contribution < 1.29 is 18.7 Å². The highest BCUT2D eigenvalue weighted by Gasteiger charge is 2.16. The van der Waals surface area contributed by atoms with Crippen molar-refractivity contribution in [2.24, 2.45) is 0 Å². The van der Waals surface area contributed by atoms with Crippen LogP contribution in [0.25, 0.3) is 0 Å². The van der Waals surface area contributed by atoms with E-state index in [0.717, 1.165) is 11.6 Å². The van der Waals surface area contributed by atoms with Crippen LogP contribution < -0.4 is 5.32 Å². The molecule has 0 heterocycles. The van der Waals surface area contributed by atoms with E-state index in [1.54, 1.807) is 13.0 Å². The molecule has 3 nitrogen and oxygen atoms in total. The van der Waals surface area contributed by atoms with Crippen LogP contribution in [0.3, 0.4) is 0 Å². The fourth-order valence-electron chi connectivity index (χ4n) is 1.62. The first kappa shape index (κ1) is 13.0. The highest BCUT2D eigenvalue weighted by molar-refractivity contribution is 6.05. The number of rotatable bonds is 2. The number of aromatic hydroxyl groups is 1. The Morgan fingerprint density at radius 2 is 1.95 bits per heavy atom. The van der Waals surface area contributed by atoms with Crippen molar-refractivity contribution in [1.82, 2.24) is 0 Å². The number of hydrogen-bond acceptors (Lipinski definition) is 2. The normalized spacial score (nSPS) is 10.3. The maximum atomic E-state index is 13.4. The summed E-state index contributed by atoms with van der Waals surface area (Å²) in [5, 5.41) is 12.0. The first-order valence-corrected chi connectivity index (χ1v) is 5.54. The van der Waals surface area contributed by atoms with Gasteiger partial charge in [-0.05, 0) is 36.8 Å². The highest BCUT2D eigenvalue weighted by Crippen LogP contribution is 2.24. The second-order valence-corrected chi connectivity index (χ2v) is 4.08. The molecule has 0 aromatic heterocycles. The maximum Gasteiger partial charge on any atom is 0.258 e. The van der Waals surface area contributed by atoms with Gasteiger partial charge in [0, 0.05) is 0 Å². The molecule has 2 aromatic carbocycles. The van der Waals surface area contributed by atoms with Crippen molar-refractivity contribution in [1.29, 1.82) is 0 Å². The minimum Gasteiger partial charge on any atom is -0.506 e. The molecule has 0 fully saturated rings. The van der Waals surface area contributed by atoms with Gasteiger partial charge in [-0.15, -0.1) is 0 Å². The smallest absolute Gasteiger partial charge is 0.258 e. The zero-order valence-electron chi connectivity index (χ0n) is 10.1. The van der Waals surface area contributed by atoms with E-state index < -0.39 is 23.1 Å². The summed E-state index contributed by atoms with van der Waals surface area (Å²) in [5.74, 6) is -3.27. The van der Waals surface area contributed by atoms with Crippen molar-refractivity contribution in [2.45, 2.75) is 6.92 Å². The van der Waals surface area contributed by atoms with E-state index >= 15 is 0 Å². The standard InChI is InChI=1S/C14H11F2NO2/c1-8-5-6-11(12(18)7-8)17-14(19)9-3-2-4-10(15)13(9)16/h2-7,18H,1H3,(H,17,19). The molecule has 98 valence electrons. The largest absolute Gasteiger partial charge is 0.506 e. The van der Waals surface area contributed by atoms with Crippen molar-refractivity contribution in [3.8, 4) is 5.75 Å². The molecule has 2 N–H and O–H groups in total. The molecule has 0 radical (unpaired) electrons. The predicted octanol–water partition coefficient (Wildman–Crippen LogP) is 3.23. The third-order valence-corrected chi connectivity index (χ3v) is 2.60. The maximum absolute atomic E-state index is 13.4. The Morgan fingerprint density at radius 1 is 1.21 bits per heavy atom. The monoisotopic (exact) mass is 263 g/mol. The van der Waals surface area contributed by atoms with Crippen LogP contribution in [0.1, 0.15) is 15.9 Å². The lowest BCUT2D eigenvalue weighted by atomic mass is 10.1. The van der Waals surface area contributed by atoms with Gasteiger partial charge in [-0.25, -0.2) is 8.78 Å². The molecule has 1 amide bonds. The van der Waals surface area contributed by atoms with Gasteiger partial charge < -0.3 is 10.4 Å². The van der Waals surface area contributed by atoms with Crippen LogP contribution in [-0.2, 0) is 0 Å². The SMILES string of the molecule is Cc1ccc(NC(=O)c2cccc(F)c2F)c(O)c1. The van der Waals surface area contributed by atoms with Crippen molar-refractivity contribution >= 4 is 11.6 Å². The van der Waals surface area contributed by atoms with Gasteiger partial charge >= 0.3 is 0 Å². The van der Waals surface area contributed by atoms with Crippen molar-refractivity contribution in [2.75, 3.05) is 5.32 Å². The molecule has 0 aliphatic rings. The van der Waals surface area contributed by atoms with E-state index in [2.05, 4.69) is 5.32 Å². The molecule has 0 saturated carbocycles. The fourth-order valence-corrected chi connectivity index (χ4v) is 1.62. The Balaban J connectivity index is 2.28. The van der Waals surface area contributed by atoms with Crippen molar-refractivity contribution in [3.63, 3.8) is 0 Å². The number of halogens is 2. The number of hydrogen-bond donors (Lipinski definition) is 2. The lowest BCUT2D eigenvalue weighted by molar-refractivity contribution is 0.102. The fraction of sp³-hybridized carbons (Fsp3) is 0.0714. The Kier molecular flexibility index (Phi) is 3.46. The van der Waals surface area contributed by atoms with E-state index in [4.69, 9.17) is 0 Å². The van der Waals surface area contributed by atoms with Crippen LogP contribution in [0.15, 0.2) is 36.4 Å². The quantitative estimate of drug-likeness (QED) is 0.817. The number of anilines is 1. The van der Waals surface area contributed by atoms with Gasteiger partial charge in [0.1, 0.15) is 5.75 Å². The van der Waals surface area contributed by atoms with Crippen LogP contribution in [-0.4, -0.2) is 11.0 Å². The Hall–Kier alpha value is -2.43. The first-order chi connectivity index (χ1) is 8.99. The Bertz CT molecular complexity index is 641. The molecule has 0 spiro atoms. The van der Waals surface area contributed by atoms with E-state index in [-0.39, 0.29) is 11.4 Å². The second kappa shape index (κ2) is 5.06. The third-order valence-electron chi connectivity index (χ3n) is 2.60. The van der Waals surface area contributed by atoms with E-state index in [1.165, 1.54) is 24.3 Å². The molecular formula is C14H11F2NO2. The summed E-state index contributed by atoms with van der Waals surface area (Å²) in [7, 11) is 0. The number of phenolic OH excluding ortho intramolecular Hbond substituents is 1. The number of phenols is 1. The summed E-state index contributed by atoms with van der Waals surface area (Å²) >= 11 is 0. The van der Waals surface area contributed by atoms with Gasteiger partial charge in [-0.2, -0.15) is 0 Å². The molecule has 0 bridgehead atoms. The number of amides is 1. The van der Waals surface area contributed by atoms with E-state index in [1.807, 2.05) is 0 Å². The van der Waals surface area contributed by atoms with Gasteiger partial charge in [0.15, 0.2) is 11.6 Å². The molecule has 0 saturated heterocycles. The summed E-state index contributed by atoms with van der Waals surface area (Å²) in [5.41, 5.74) is 0.534. The Morgan fingerprint density at radius 3 is 2.63 bits per heavy atom. The molecule has 0 unspecified atom stereocenters. The summed E-state index contributed by atoms with van der Waals surface area (Å²) in [6.45, 7) is 1.78. The van der Waals surface area contributed by atoms with Crippen LogP contribution in [0, 0.1) is 18.6 Å². The molecule has 0 atom stereocenters. The molecular weight excluding hydrogens is 252 g/mol. The van der Waals surface area contributed by atoms with Crippen molar-refractivity contribution in [3.05, 3.63) is 59.2 Å². The lowest BCUT2D eigenvalue weighted by Crippen LogP contribution is -2.14. The van der Waals surface area contributed by atoms with Crippen LogP contribution in [0.4, 0.5) is 14.5 Å². The molecule has 2 aromatic rings. The number of aryl methyl sites for hydroxylation is 1. The van der Waals surface area contributed by atoms with E-state index in [0.29, 0.717) is 0 Å². The number of benzene rings is 2. The van der Waals surface area contributed by atoms with Gasteiger partial charge in [0.2, 0.25) is 0 Å². The van der Waals surface area contributed by atoms with Gasteiger partial charge in [0.25, 0.3) is 5.91 Å². The average Bonchev–Trinajstić information content (AvgIpc) is 2.36. The number of carbonyl (C=O) groups excluding carboxylic acids is 1. The number of carbonyl (C=O) groups is 1. The summed E-state index contributed by atoms with van der Waals surface area (Å²) < 4.78 is 26.4. The summed E-state index contributed by atoms with van der Waals surface area (Å²) in [6, 6.07) is 7.95. The summed E-state index contributed by atoms with van der Waals surface area (Å²) in [4.78, 5) is 11.8. The molecule has 0 aliphatic heterocycles. The third kappa shape index (κ3) is 2.70. The predicted molar refractivity (Wildman–Crippen MR) is 67.2 cm³/mol. The first-order valence-electron chi connectivity index (χ1n) is 5.54. The molecule has 0 aliphatic carbocycles. The minimum atomic E-state index is -1.22. The Labute approximate surface area is 108 Å².